The number of alkyl halides is 6. The van der Waals surface area contributed by atoms with Crippen LogP contribution in [-0.4, -0.2) is 16.8 Å². The molecule has 196 valence electrons. The number of rotatable bonds is 5. The van der Waals surface area contributed by atoms with E-state index in [0.29, 0.717) is 34.3 Å². The van der Waals surface area contributed by atoms with Gasteiger partial charge in [0.1, 0.15) is 5.57 Å². The van der Waals surface area contributed by atoms with Crippen LogP contribution in [0.1, 0.15) is 22.4 Å². The number of carbonyl (C=O) groups is 2. The molecule has 0 fully saturated rings. The van der Waals surface area contributed by atoms with Crippen LogP contribution in [0.25, 0.3) is 17.0 Å². The second-order valence-corrected chi connectivity index (χ2v) is 8.33. The second kappa shape index (κ2) is 10.1. The Morgan fingerprint density at radius 2 is 1.24 bits per heavy atom. The molecule has 4 aromatic rings. The third-order valence-electron chi connectivity index (χ3n) is 5.62. The van der Waals surface area contributed by atoms with E-state index in [1.807, 2.05) is 0 Å². The first-order valence-corrected chi connectivity index (χ1v) is 11.1. The van der Waals surface area contributed by atoms with E-state index in [1.54, 1.807) is 31.2 Å². The topological polar surface area (TPSA) is 74.0 Å². The summed E-state index contributed by atoms with van der Waals surface area (Å²) < 4.78 is 78.7. The quantitative estimate of drug-likeness (QED) is 0.111. The molecule has 0 bridgehead atoms. The Balaban J connectivity index is 1.74. The number of aromatic nitrogens is 1. The lowest BCUT2D eigenvalue weighted by molar-refractivity contribution is -0.138. The van der Waals surface area contributed by atoms with Crippen LogP contribution in [0.5, 0.6) is 0 Å². The van der Waals surface area contributed by atoms with Crippen LogP contribution >= 0.6 is 0 Å². The van der Waals surface area contributed by atoms with E-state index >= 15 is 0 Å². The predicted molar refractivity (Wildman–Crippen MR) is 131 cm³/mol. The predicted octanol–water partition coefficient (Wildman–Crippen LogP) is 7.17. The van der Waals surface area contributed by atoms with Gasteiger partial charge in [0.05, 0.1) is 11.1 Å². The number of nitrogens with one attached hydrogen (secondary N) is 3. The molecule has 0 radical (unpaired) electrons. The zero-order chi connectivity index (χ0) is 27.7. The molecule has 5 nitrogen and oxygen atoms in total. The first-order chi connectivity index (χ1) is 17.8. The number of hydrogen-bond donors (Lipinski definition) is 3. The van der Waals surface area contributed by atoms with Gasteiger partial charge in [-0.2, -0.15) is 26.3 Å². The van der Waals surface area contributed by atoms with E-state index in [1.165, 1.54) is 18.2 Å². The summed E-state index contributed by atoms with van der Waals surface area (Å²) in [6.07, 6.45) is -8.09. The third kappa shape index (κ3) is 5.88. The summed E-state index contributed by atoms with van der Waals surface area (Å²) in [4.78, 5) is 29.5. The maximum Gasteiger partial charge on any atom is 0.416 e. The van der Waals surface area contributed by atoms with Crippen molar-refractivity contribution in [1.82, 2.24) is 4.98 Å². The fourth-order valence-electron chi connectivity index (χ4n) is 3.81. The second-order valence-electron chi connectivity index (χ2n) is 8.33. The van der Waals surface area contributed by atoms with Crippen molar-refractivity contribution in [1.29, 1.82) is 0 Å². The fourth-order valence-corrected chi connectivity index (χ4v) is 3.81. The van der Waals surface area contributed by atoms with Crippen LogP contribution in [0.15, 0.2) is 78.4 Å². The maximum absolute atomic E-state index is 13.2. The Hall–Kier alpha value is -4.54. The summed E-state index contributed by atoms with van der Waals surface area (Å²) in [5.74, 6) is -2.11. The molecule has 3 N–H and O–H groups in total. The number of anilines is 2. The number of halogens is 6. The van der Waals surface area contributed by atoms with Crippen molar-refractivity contribution in [2.24, 2.45) is 0 Å². The van der Waals surface area contributed by atoms with E-state index in [9.17, 15) is 35.9 Å². The first kappa shape index (κ1) is 26.5. The summed E-state index contributed by atoms with van der Waals surface area (Å²) in [5, 5.41) is 5.21. The van der Waals surface area contributed by atoms with Gasteiger partial charge in [0.25, 0.3) is 11.8 Å². The van der Waals surface area contributed by atoms with Crippen molar-refractivity contribution in [3.05, 3.63) is 101 Å². The molecule has 11 heteroatoms. The van der Waals surface area contributed by atoms with Crippen LogP contribution in [0.2, 0.25) is 0 Å². The van der Waals surface area contributed by atoms with E-state index < -0.39 is 40.9 Å². The van der Waals surface area contributed by atoms with Gasteiger partial charge in [-0.25, -0.2) is 0 Å². The van der Waals surface area contributed by atoms with Crippen molar-refractivity contribution in [3.8, 4) is 0 Å². The molecule has 0 saturated heterocycles. The molecule has 0 aliphatic rings. The lowest BCUT2D eigenvalue weighted by Gasteiger charge is -2.13. The van der Waals surface area contributed by atoms with Crippen molar-refractivity contribution in [2.45, 2.75) is 19.3 Å². The molecule has 1 aromatic heterocycles. The van der Waals surface area contributed by atoms with Crippen molar-refractivity contribution < 1.29 is 35.9 Å². The minimum absolute atomic E-state index is 0.224. The Labute approximate surface area is 212 Å². The molecule has 38 heavy (non-hydrogen) atoms. The molecular weight excluding hydrogens is 512 g/mol. The van der Waals surface area contributed by atoms with Crippen LogP contribution in [0.3, 0.4) is 0 Å². The van der Waals surface area contributed by atoms with Crippen LogP contribution in [-0.2, 0) is 21.9 Å². The smallest absolute Gasteiger partial charge is 0.358 e. The highest BCUT2D eigenvalue weighted by molar-refractivity contribution is 6.29. The lowest BCUT2D eigenvalue weighted by Crippen LogP contribution is -2.25. The van der Waals surface area contributed by atoms with Crippen LogP contribution in [0, 0.1) is 6.92 Å². The molecular formula is C27H19F6N3O2. The van der Waals surface area contributed by atoms with Crippen LogP contribution < -0.4 is 10.6 Å². The molecule has 3 aromatic carbocycles. The average Bonchev–Trinajstić information content (AvgIpc) is 3.16. The number of aromatic amines is 1. The number of amides is 2. The molecule has 2 amide bonds. The molecule has 1 heterocycles. The first-order valence-electron chi connectivity index (χ1n) is 11.1. The van der Waals surface area contributed by atoms with Crippen LogP contribution in [0.4, 0.5) is 37.7 Å². The van der Waals surface area contributed by atoms with Gasteiger partial charge in [0, 0.05) is 33.5 Å². The zero-order valence-electron chi connectivity index (χ0n) is 19.6. The van der Waals surface area contributed by atoms with Gasteiger partial charge in [-0.15, -0.1) is 0 Å². The number of H-pyrrole nitrogens is 1. The zero-order valence-corrected chi connectivity index (χ0v) is 19.6. The number of carbonyl (C=O) groups excluding carboxylic acids is 2. The van der Waals surface area contributed by atoms with Gasteiger partial charge < -0.3 is 15.6 Å². The summed E-state index contributed by atoms with van der Waals surface area (Å²) in [6, 6.07) is 14.7. The molecule has 0 aliphatic carbocycles. The van der Waals surface area contributed by atoms with Gasteiger partial charge in [0.2, 0.25) is 0 Å². The number of aryl methyl sites for hydroxylation is 1. The molecule has 0 atom stereocenters. The summed E-state index contributed by atoms with van der Waals surface area (Å²) in [7, 11) is 0. The lowest BCUT2D eigenvalue weighted by atomic mass is 10.1. The summed E-state index contributed by atoms with van der Waals surface area (Å²) in [5.41, 5.74) is -1.27. The molecule has 0 unspecified atom stereocenters. The molecule has 0 spiro atoms. The number of hydrogen-bond acceptors (Lipinski definition) is 2. The Morgan fingerprint density at radius 3 is 1.74 bits per heavy atom. The van der Waals surface area contributed by atoms with E-state index in [-0.39, 0.29) is 11.4 Å². The summed E-state index contributed by atoms with van der Waals surface area (Å²) >= 11 is 0. The van der Waals surface area contributed by atoms with Crippen molar-refractivity contribution in [2.75, 3.05) is 10.6 Å². The van der Waals surface area contributed by atoms with Gasteiger partial charge >= 0.3 is 12.4 Å². The molecule has 4 rings (SSSR count). The molecule has 0 saturated carbocycles. The van der Waals surface area contributed by atoms with Gasteiger partial charge in [-0.3, -0.25) is 9.59 Å². The average molecular weight is 531 g/mol. The number of para-hydroxylation sites is 1. The highest BCUT2D eigenvalue weighted by atomic mass is 19.4. The van der Waals surface area contributed by atoms with Gasteiger partial charge in [-0.1, -0.05) is 30.3 Å². The van der Waals surface area contributed by atoms with E-state index in [2.05, 4.69) is 15.6 Å². The largest absolute Gasteiger partial charge is 0.416 e. The standard InChI is InChI=1S/C27H19F6N3O2/c1-15-21(20-10-2-3-11-23(20)34-15)14-22(24(37)35-18-8-4-6-16(12-18)26(28,29)30)25(38)36-19-9-5-7-17(13-19)27(31,32)33/h2-14,34H,1H3,(H,35,37)(H,36,38). The highest BCUT2D eigenvalue weighted by Crippen LogP contribution is 2.32. The highest BCUT2D eigenvalue weighted by Gasteiger charge is 2.32. The monoisotopic (exact) mass is 531 g/mol. The Kier molecular flexibility index (Phi) is 7.03. The minimum Gasteiger partial charge on any atom is -0.358 e. The molecule has 0 aliphatic heterocycles. The Morgan fingerprint density at radius 1 is 0.737 bits per heavy atom. The maximum atomic E-state index is 13.2. The normalized spacial score (nSPS) is 11.8. The number of benzene rings is 3. The fraction of sp³-hybridized carbons (Fsp3) is 0.111. The Bertz CT molecular complexity index is 1480. The van der Waals surface area contributed by atoms with Crippen molar-refractivity contribution >= 4 is 40.2 Å². The van der Waals surface area contributed by atoms with E-state index in [4.69, 9.17) is 0 Å². The SMILES string of the molecule is Cc1[nH]c2ccccc2c1C=C(C(=O)Nc1cccc(C(F)(F)F)c1)C(=O)Nc1cccc(C(F)(F)F)c1. The van der Waals surface area contributed by atoms with E-state index in [0.717, 1.165) is 24.3 Å². The summed E-state index contributed by atoms with van der Waals surface area (Å²) in [6.45, 7) is 1.69. The van der Waals surface area contributed by atoms with Gasteiger partial charge in [-0.05, 0) is 55.5 Å². The van der Waals surface area contributed by atoms with Crippen molar-refractivity contribution in [3.63, 3.8) is 0 Å². The van der Waals surface area contributed by atoms with Gasteiger partial charge in [0.15, 0.2) is 0 Å². The third-order valence-corrected chi connectivity index (χ3v) is 5.62. The minimum atomic E-state index is -4.67. The number of fused-ring (bicyclic) bond motifs is 1.